The molecule has 2 unspecified atom stereocenters. The summed E-state index contributed by atoms with van der Waals surface area (Å²) in [6.07, 6.45) is 0. The molecule has 5 heteroatoms. The third-order valence-corrected chi connectivity index (χ3v) is 2.81. The quantitative estimate of drug-likeness (QED) is 0.784. The smallest absolute Gasteiger partial charge is 0.233 e. The molecule has 0 aromatic carbocycles. The molecule has 1 amide bonds. The Bertz CT molecular complexity index is 224. The van der Waals surface area contributed by atoms with Gasteiger partial charge in [0.05, 0.1) is 6.54 Å². The molecule has 0 radical (unpaired) electrons. The normalized spacial score (nSPS) is 18.0. The average molecular weight is 365 g/mol. The third-order valence-electron chi connectivity index (χ3n) is 2.81. The van der Waals surface area contributed by atoms with E-state index < -0.39 is 0 Å². The molecule has 0 bridgehead atoms. The molecule has 1 aliphatic rings. The molecule has 158 valence electrons. The number of nitrogens with one attached hydrogen (secondary N) is 2. The van der Waals surface area contributed by atoms with E-state index in [0.717, 1.165) is 6.54 Å². The summed E-state index contributed by atoms with van der Waals surface area (Å²) in [4.78, 5) is 14.7. The lowest BCUT2D eigenvalue weighted by molar-refractivity contribution is -0.121. The average Bonchev–Trinajstić information content (AvgIpc) is 2.65. The number of carbonyl (C=O) groups excluding carboxylic acids is 1. The monoisotopic (exact) mass is 364 g/mol. The van der Waals surface area contributed by atoms with Crippen molar-refractivity contribution in [2.45, 2.75) is 81.3 Å². The lowest BCUT2D eigenvalue weighted by atomic mass is 10.2. The minimum absolute atomic E-state index is 0.0509. The molecule has 1 rings (SSSR count). The van der Waals surface area contributed by atoms with Crippen LogP contribution in [0.1, 0.15) is 69.2 Å². The van der Waals surface area contributed by atoms with Crippen LogP contribution in [-0.4, -0.2) is 75.6 Å². The van der Waals surface area contributed by atoms with Crippen molar-refractivity contribution >= 4 is 5.91 Å². The Morgan fingerprint density at radius 2 is 1.44 bits per heavy atom. The number of hydrogen-bond acceptors (Lipinski definition) is 4. The largest absolute Gasteiger partial charge is 0.358 e. The van der Waals surface area contributed by atoms with Gasteiger partial charge in [0.25, 0.3) is 0 Å². The van der Waals surface area contributed by atoms with Gasteiger partial charge in [-0.15, -0.1) is 0 Å². The highest BCUT2D eigenvalue weighted by Crippen LogP contribution is 2.01. The maximum absolute atomic E-state index is 10.5. The van der Waals surface area contributed by atoms with Crippen molar-refractivity contribution in [1.29, 1.82) is 0 Å². The van der Waals surface area contributed by atoms with E-state index in [4.69, 9.17) is 0 Å². The molecule has 1 saturated heterocycles. The Kier molecular flexibility index (Phi) is 44.2. The Labute approximate surface area is 160 Å². The minimum Gasteiger partial charge on any atom is -0.358 e. The minimum atomic E-state index is 0.0509. The molecule has 5 nitrogen and oxygen atoms in total. The van der Waals surface area contributed by atoms with Gasteiger partial charge in [-0.2, -0.15) is 0 Å². The lowest BCUT2D eigenvalue weighted by Crippen LogP contribution is -2.52. The number of rotatable bonds is 2. The molecule has 2 N–H and O–H groups in total. The van der Waals surface area contributed by atoms with Gasteiger partial charge < -0.3 is 20.4 Å². The second-order valence-corrected chi connectivity index (χ2v) is 5.01. The first-order valence-corrected chi connectivity index (χ1v) is 10.2. The number of amides is 1. The zero-order chi connectivity index (χ0) is 21.4. The zero-order valence-electron chi connectivity index (χ0n) is 20.1. The molecule has 0 aromatic heterocycles. The maximum Gasteiger partial charge on any atom is 0.233 e. The van der Waals surface area contributed by atoms with Gasteiger partial charge in [0, 0.05) is 32.2 Å². The number of hydrogen-bond donors (Lipinski definition) is 2. The van der Waals surface area contributed by atoms with E-state index in [1.54, 1.807) is 7.05 Å². The first kappa shape index (κ1) is 35.5. The molecule has 2 atom stereocenters. The summed E-state index contributed by atoms with van der Waals surface area (Å²) in [6, 6.07) is 1.38. The van der Waals surface area contributed by atoms with Crippen LogP contribution in [0.15, 0.2) is 0 Å². The van der Waals surface area contributed by atoms with Crippen molar-refractivity contribution in [3.05, 3.63) is 0 Å². The maximum atomic E-state index is 10.5. The fourth-order valence-electron chi connectivity index (χ4n) is 1.57. The molecule has 0 aromatic rings. The van der Waals surface area contributed by atoms with Crippen LogP contribution in [0.5, 0.6) is 0 Å². The Morgan fingerprint density at radius 3 is 1.64 bits per heavy atom. The van der Waals surface area contributed by atoms with Crippen LogP contribution in [0.25, 0.3) is 0 Å². The van der Waals surface area contributed by atoms with Crippen LogP contribution >= 0.6 is 0 Å². The molecule has 0 saturated carbocycles. The first-order chi connectivity index (χ1) is 11.9. The van der Waals surface area contributed by atoms with Gasteiger partial charge in [-0.25, -0.2) is 0 Å². The first-order valence-electron chi connectivity index (χ1n) is 10.2. The summed E-state index contributed by atoms with van der Waals surface area (Å²) in [5.74, 6) is 0.0509. The zero-order valence-corrected chi connectivity index (χ0v) is 20.1. The molecular weight excluding hydrogens is 312 g/mol. The van der Waals surface area contributed by atoms with Crippen molar-refractivity contribution in [1.82, 2.24) is 20.4 Å². The van der Waals surface area contributed by atoms with Gasteiger partial charge >= 0.3 is 0 Å². The van der Waals surface area contributed by atoms with E-state index in [-0.39, 0.29) is 5.91 Å². The van der Waals surface area contributed by atoms with E-state index in [9.17, 15) is 4.79 Å². The highest BCUT2D eigenvalue weighted by atomic mass is 16.1. The number of likely N-dealkylation sites (N-methyl/N-ethyl adjacent to an activating group) is 3. The fraction of sp³-hybridized carbons (Fsp3) is 0.950. The predicted octanol–water partition coefficient (Wildman–Crippen LogP) is 3.70. The van der Waals surface area contributed by atoms with Crippen LogP contribution in [0.3, 0.4) is 0 Å². The van der Waals surface area contributed by atoms with Crippen molar-refractivity contribution < 1.29 is 4.79 Å². The molecule has 1 fully saturated rings. The molecule has 1 heterocycles. The Morgan fingerprint density at radius 1 is 1.04 bits per heavy atom. The van der Waals surface area contributed by atoms with Crippen LogP contribution in [0, 0.1) is 0 Å². The molecule has 1 aliphatic heterocycles. The summed E-state index contributed by atoms with van der Waals surface area (Å²) in [5, 5.41) is 5.94. The summed E-state index contributed by atoms with van der Waals surface area (Å²) < 4.78 is 0. The summed E-state index contributed by atoms with van der Waals surface area (Å²) in [5.41, 5.74) is 0. The van der Waals surface area contributed by atoms with E-state index >= 15 is 0 Å². The Hall–Kier alpha value is -0.650. The van der Waals surface area contributed by atoms with Crippen molar-refractivity contribution in [2.24, 2.45) is 0 Å². The van der Waals surface area contributed by atoms with Crippen LogP contribution in [-0.2, 0) is 4.79 Å². The predicted molar refractivity (Wildman–Crippen MR) is 118 cm³/mol. The van der Waals surface area contributed by atoms with Gasteiger partial charge in [0.2, 0.25) is 5.91 Å². The summed E-state index contributed by atoms with van der Waals surface area (Å²) in [7, 11) is 7.53. The Balaban J connectivity index is -0.0000000765. The van der Waals surface area contributed by atoms with Crippen molar-refractivity contribution in [3.8, 4) is 0 Å². The number of piperazine rings is 1. The second-order valence-electron chi connectivity index (χ2n) is 5.01. The number of nitrogens with zero attached hydrogens (tertiary/aromatic N) is 2. The molecular formula is C20H52N4O. The van der Waals surface area contributed by atoms with Gasteiger partial charge in [-0.05, 0) is 35.0 Å². The van der Waals surface area contributed by atoms with Crippen LogP contribution in [0.4, 0.5) is 0 Å². The van der Waals surface area contributed by atoms with Gasteiger partial charge in [0.15, 0.2) is 0 Å². The SMILES string of the molecule is CC.CC.CC.CC.CC1CN(C)C(C)CN1.CNC(=O)CN(C)C. The van der Waals surface area contributed by atoms with E-state index in [1.807, 2.05) is 74.4 Å². The van der Waals surface area contributed by atoms with Gasteiger partial charge in [-0.3, -0.25) is 4.79 Å². The second kappa shape index (κ2) is 31.2. The number of carbonyl (C=O) groups is 1. The van der Waals surface area contributed by atoms with Crippen LogP contribution in [0.2, 0.25) is 0 Å². The molecule has 25 heavy (non-hydrogen) atoms. The van der Waals surface area contributed by atoms with Crippen LogP contribution < -0.4 is 10.6 Å². The third kappa shape index (κ3) is 31.6. The fourth-order valence-corrected chi connectivity index (χ4v) is 1.57. The standard InChI is InChI=1S/C7H16N2.C5H12N2O.4C2H6/c1-6-5-9(3)7(2)4-8-6;1-6-5(8)4-7(2)3;4*1-2/h6-8H,4-5H2,1-3H3;4H2,1-3H3,(H,6,8);4*1-2H3. The lowest BCUT2D eigenvalue weighted by Gasteiger charge is -2.34. The summed E-state index contributed by atoms with van der Waals surface area (Å²) >= 11 is 0. The van der Waals surface area contributed by atoms with Gasteiger partial charge in [0.1, 0.15) is 0 Å². The van der Waals surface area contributed by atoms with Crippen molar-refractivity contribution in [2.75, 3.05) is 47.8 Å². The highest BCUT2D eigenvalue weighted by molar-refractivity contribution is 5.77. The van der Waals surface area contributed by atoms with E-state index in [1.165, 1.54) is 6.54 Å². The van der Waals surface area contributed by atoms with E-state index in [0.29, 0.717) is 18.6 Å². The molecule has 0 aliphatic carbocycles. The molecule has 0 spiro atoms. The van der Waals surface area contributed by atoms with Crippen molar-refractivity contribution in [3.63, 3.8) is 0 Å². The van der Waals surface area contributed by atoms with E-state index in [2.05, 4.69) is 36.4 Å². The highest BCUT2D eigenvalue weighted by Gasteiger charge is 2.17. The topological polar surface area (TPSA) is 47.6 Å². The van der Waals surface area contributed by atoms with Gasteiger partial charge in [-0.1, -0.05) is 55.4 Å². The summed E-state index contributed by atoms with van der Waals surface area (Å²) in [6.45, 7) is 23.3.